The molecule has 2 aromatic rings. The molecule has 3 N–H and O–H groups in total. The van der Waals surface area contributed by atoms with Crippen molar-refractivity contribution in [1.29, 1.82) is 0 Å². The lowest BCUT2D eigenvalue weighted by molar-refractivity contribution is 0.102. The molecule has 2 rings (SSSR count). The first-order valence-electron chi connectivity index (χ1n) is 5.65. The molecule has 94 valence electrons. The van der Waals surface area contributed by atoms with Crippen LogP contribution in [-0.4, -0.2) is 15.7 Å². The monoisotopic (exact) mass is 244 g/mol. The third kappa shape index (κ3) is 2.07. The molecule has 0 aliphatic carbocycles. The van der Waals surface area contributed by atoms with E-state index >= 15 is 0 Å². The number of nitrogens with two attached hydrogens (primary N) is 1. The number of hydrogen-bond acceptors (Lipinski definition) is 3. The number of carbonyl (C=O) groups excluding carboxylic acids is 1. The summed E-state index contributed by atoms with van der Waals surface area (Å²) in [7, 11) is 1.80. The SMILES string of the molecule is Cc1c(N)cccc1NC(=O)c1cnn(C)c1C. The molecule has 0 spiro atoms. The Bertz CT molecular complexity index is 601. The van der Waals surface area contributed by atoms with Crippen molar-refractivity contribution >= 4 is 17.3 Å². The third-order valence-corrected chi connectivity index (χ3v) is 3.10. The van der Waals surface area contributed by atoms with Crippen molar-refractivity contribution in [3.05, 3.63) is 41.2 Å². The first kappa shape index (κ1) is 12.2. The van der Waals surface area contributed by atoms with Gasteiger partial charge in [-0.2, -0.15) is 5.10 Å². The fourth-order valence-electron chi connectivity index (χ4n) is 1.70. The second-order valence-electron chi connectivity index (χ2n) is 4.24. The molecule has 0 saturated heterocycles. The van der Waals surface area contributed by atoms with Gasteiger partial charge in [0.1, 0.15) is 0 Å². The fourth-order valence-corrected chi connectivity index (χ4v) is 1.70. The van der Waals surface area contributed by atoms with Crippen LogP contribution in [0.15, 0.2) is 24.4 Å². The van der Waals surface area contributed by atoms with E-state index in [1.165, 1.54) is 0 Å². The first-order valence-corrected chi connectivity index (χ1v) is 5.65. The van der Waals surface area contributed by atoms with E-state index in [4.69, 9.17) is 5.73 Å². The number of amides is 1. The van der Waals surface area contributed by atoms with Crippen molar-refractivity contribution in [2.45, 2.75) is 13.8 Å². The molecule has 1 amide bonds. The average molecular weight is 244 g/mol. The van der Waals surface area contributed by atoms with Gasteiger partial charge in [-0.25, -0.2) is 0 Å². The Hall–Kier alpha value is -2.30. The van der Waals surface area contributed by atoms with Gasteiger partial charge in [0, 0.05) is 24.1 Å². The van der Waals surface area contributed by atoms with Gasteiger partial charge in [0.25, 0.3) is 5.91 Å². The van der Waals surface area contributed by atoms with Crippen molar-refractivity contribution in [1.82, 2.24) is 9.78 Å². The highest BCUT2D eigenvalue weighted by atomic mass is 16.1. The van der Waals surface area contributed by atoms with E-state index in [1.54, 1.807) is 24.0 Å². The highest BCUT2D eigenvalue weighted by Crippen LogP contribution is 2.21. The minimum Gasteiger partial charge on any atom is -0.398 e. The number of nitrogens with one attached hydrogen (secondary N) is 1. The Morgan fingerprint density at radius 3 is 2.72 bits per heavy atom. The van der Waals surface area contributed by atoms with Crippen molar-refractivity contribution in [3.8, 4) is 0 Å². The van der Waals surface area contributed by atoms with Crippen LogP contribution in [-0.2, 0) is 7.05 Å². The van der Waals surface area contributed by atoms with E-state index in [2.05, 4.69) is 10.4 Å². The number of nitrogen functional groups attached to an aromatic ring is 1. The molecule has 0 radical (unpaired) electrons. The van der Waals surface area contributed by atoms with E-state index in [-0.39, 0.29) is 5.91 Å². The van der Waals surface area contributed by atoms with E-state index in [0.717, 1.165) is 16.9 Å². The third-order valence-electron chi connectivity index (χ3n) is 3.10. The summed E-state index contributed by atoms with van der Waals surface area (Å²) in [4.78, 5) is 12.1. The predicted octanol–water partition coefficient (Wildman–Crippen LogP) is 1.87. The largest absolute Gasteiger partial charge is 0.398 e. The molecular formula is C13H16N4O. The topological polar surface area (TPSA) is 72.9 Å². The van der Waals surface area contributed by atoms with Gasteiger partial charge in [-0.15, -0.1) is 0 Å². The Labute approximate surface area is 106 Å². The number of rotatable bonds is 2. The van der Waals surface area contributed by atoms with E-state index in [9.17, 15) is 4.79 Å². The number of nitrogens with zero attached hydrogens (tertiary/aromatic N) is 2. The highest BCUT2D eigenvalue weighted by Gasteiger charge is 2.14. The Morgan fingerprint density at radius 1 is 1.39 bits per heavy atom. The first-order chi connectivity index (χ1) is 8.50. The van der Waals surface area contributed by atoms with Gasteiger partial charge < -0.3 is 11.1 Å². The van der Waals surface area contributed by atoms with Crippen molar-refractivity contribution in [2.24, 2.45) is 7.05 Å². The molecule has 0 aliphatic heterocycles. The number of aryl methyl sites for hydroxylation is 1. The van der Waals surface area contributed by atoms with Crippen LogP contribution >= 0.6 is 0 Å². The lowest BCUT2D eigenvalue weighted by Gasteiger charge is -2.09. The second kappa shape index (κ2) is 4.52. The molecule has 5 heteroatoms. The second-order valence-corrected chi connectivity index (χ2v) is 4.24. The lowest BCUT2D eigenvalue weighted by Crippen LogP contribution is -2.14. The van der Waals surface area contributed by atoms with Gasteiger partial charge in [0.15, 0.2) is 0 Å². The van der Waals surface area contributed by atoms with Gasteiger partial charge >= 0.3 is 0 Å². The van der Waals surface area contributed by atoms with Gasteiger partial charge in [-0.1, -0.05) is 6.07 Å². The van der Waals surface area contributed by atoms with Crippen LogP contribution in [0.3, 0.4) is 0 Å². The molecule has 18 heavy (non-hydrogen) atoms. The summed E-state index contributed by atoms with van der Waals surface area (Å²) in [6.07, 6.45) is 1.56. The molecule has 0 saturated carbocycles. The maximum atomic E-state index is 12.1. The molecular weight excluding hydrogens is 228 g/mol. The Kier molecular flexibility index (Phi) is 3.06. The summed E-state index contributed by atoms with van der Waals surface area (Å²) in [5, 5.41) is 6.90. The standard InChI is InChI=1S/C13H16N4O/c1-8-11(14)5-4-6-12(8)16-13(18)10-7-15-17(3)9(10)2/h4-7H,14H2,1-3H3,(H,16,18). The minimum absolute atomic E-state index is 0.172. The smallest absolute Gasteiger partial charge is 0.259 e. The maximum absolute atomic E-state index is 12.1. The summed E-state index contributed by atoms with van der Waals surface area (Å²) < 4.78 is 1.67. The normalized spacial score (nSPS) is 10.4. The van der Waals surface area contributed by atoms with E-state index in [0.29, 0.717) is 11.3 Å². The van der Waals surface area contributed by atoms with Crippen molar-refractivity contribution in [2.75, 3.05) is 11.1 Å². The fraction of sp³-hybridized carbons (Fsp3) is 0.231. The summed E-state index contributed by atoms with van der Waals surface area (Å²) in [5.74, 6) is -0.172. The van der Waals surface area contributed by atoms with Gasteiger partial charge in [0.2, 0.25) is 0 Å². The number of anilines is 2. The molecule has 0 atom stereocenters. The zero-order valence-corrected chi connectivity index (χ0v) is 10.7. The Morgan fingerprint density at radius 2 is 2.11 bits per heavy atom. The van der Waals surface area contributed by atoms with Crippen LogP contribution in [0.25, 0.3) is 0 Å². The molecule has 0 unspecified atom stereocenters. The number of hydrogen-bond donors (Lipinski definition) is 2. The zero-order chi connectivity index (χ0) is 13.3. The van der Waals surface area contributed by atoms with Crippen LogP contribution in [0.1, 0.15) is 21.6 Å². The van der Waals surface area contributed by atoms with Gasteiger partial charge in [-0.3, -0.25) is 9.48 Å². The van der Waals surface area contributed by atoms with Crippen LogP contribution in [0.5, 0.6) is 0 Å². The number of carbonyl (C=O) groups is 1. The molecule has 1 aromatic heterocycles. The van der Waals surface area contributed by atoms with Gasteiger partial charge in [-0.05, 0) is 31.5 Å². The summed E-state index contributed by atoms with van der Waals surface area (Å²) >= 11 is 0. The van der Waals surface area contributed by atoms with Crippen LogP contribution in [0.4, 0.5) is 11.4 Å². The summed E-state index contributed by atoms with van der Waals surface area (Å²) in [6.45, 7) is 3.73. The molecule has 0 aliphatic rings. The summed E-state index contributed by atoms with van der Waals surface area (Å²) in [5.41, 5.74) is 9.45. The summed E-state index contributed by atoms with van der Waals surface area (Å²) in [6, 6.07) is 5.45. The molecule has 0 bridgehead atoms. The molecule has 5 nitrogen and oxygen atoms in total. The highest BCUT2D eigenvalue weighted by molar-refractivity contribution is 6.05. The zero-order valence-electron chi connectivity index (χ0n) is 10.7. The quantitative estimate of drug-likeness (QED) is 0.792. The number of benzene rings is 1. The lowest BCUT2D eigenvalue weighted by atomic mass is 10.1. The number of aromatic nitrogens is 2. The molecule has 1 aromatic carbocycles. The minimum atomic E-state index is -0.172. The van der Waals surface area contributed by atoms with Crippen LogP contribution in [0.2, 0.25) is 0 Å². The Balaban J connectivity index is 2.27. The average Bonchev–Trinajstić information content (AvgIpc) is 2.66. The van der Waals surface area contributed by atoms with Crippen molar-refractivity contribution in [3.63, 3.8) is 0 Å². The van der Waals surface area contributed by atoms with Crippen LogP contribution < -0.4 is 11.1 Å². The van der Waals surface area contributed by atoms with Crippen molar-refractivity contribution < 1.29 is 4.79 Å². The van der Waals surface area contributed by atoms with E-state index < -0.39 is 0 Å². The van der Waals surface area contributed by atoms with Gasteiger partial charge in [0.05, 0.1) is 11.8 Å². The maximum Gasteiger partial charge on any atom is 0.259 e. The molecule has 1 heterocycles. The van der Waals surface area contributed by atoms with Crippen LogP contribution in [0, 0.1) is 13.8 Å². The molecule has 0 fully saturated rings. The predicted molar refractivity (Wildman–Crippen MR) is 71.5 cm³/mol. The van der Waals surface area contributed by atoms with E-state index in [1.807, 2.05) is 26.0 Å².